The topological polar surface area (TPSA) is 29.9 Å². The molecule has 1 aromatic carbocycles. The summed E-state index contributed by atoms with van der Waals surface area (Å²) in [6.45, 7) is 5.38. The molecule has 1 atom stereocenters. The molecule has 1 aromatic heterocycles. The van der Waals surface area contributed by atoms with Gasteiger partial charge in [-0.1, -0.05) is 44.2 Å². The maximum Gasteiger partial charge on any atom is 0.0518 e. The number of hydrogen-bond acceptors (Lipinski definition) is 2. The minimum atomic E-state index is 0.399. The van der Waals surface area contributed by atoms with E-state index in [0.29, 0.717) is 12.0 Å². The van der Waals surface area contributed by atoms with Crippen LogP contribution in [0.15, 0.2) is 42.6 Å². The molecule has 0 amide bonds. The molecule has 102 valence electrons. The van der Waals surface area contributed by atoms with Gasteiger partial charge >= 0.3 is 0 Å². The lowest BCUT2D eigenvalue weighted by molar-refractivity contribution is 0.422. The first-order valence-electron chi connectivity index (χ1n) is 6.92. The minimum absolute atomic E-state index is 0.399. The van der Waals surface area contributed by atoms with Crippen LogP contribution in [0.1, 0.15) is 37.6 Å². The molecule has 1 unspecified atom stereocenters. The predicted octanol–water partition coefficient (Wildman–Crippen LogP) is 3.30. The molecule has 0 aliphatic heterocycles. The molecule has 3 heteroatoms. The van der Waals surface area contributed by atoms with Crippen molar-refractivity contribution in [2.24, 2.45) is 13.0 Å². The van der Waals surface area contributed by atoms with E-state index in [0.717, 1.165) is 13.0 Å². The third-order valence-corrected chi connectivity index (χ3v) is 3.36. The standard InChI is InChI=1S/C16H23N3/c1-13(2)11-16(14-7-5-4-6-8-14)17-12-15-9-10-18-19(15)3/h4-10,13,16-17H,11-12H2,1-3H3. The summed E-state index contributed by atoms with van der Waals surface area (Å²) >= 11 is 0. The Labute approximate surface area is 115 Å². The molecule has 0 aliphatic carbocycles. The van der Waals surface area contributed by atoms with E-state index in [9.17, 15) is 0 Å². The van der Waals surface area contributed by atoms with Crippen molar-refractivity contribution >= 4 is 0 Å². The van der Waals surface area contributed by atoms with Gasteiger partial charge in [-0.05, 0) is 24.0 Å². The second-order valence-corrected chi connectivity index (χ2v) is 5.42. The van der Waals surface area contributed by atoms with Gasteiger partial charge in [-0.25, -0.2) is 0 Å². The van der Waals surface area contributed by atoms with Gasteiger partial charge in [0.2, 0.25) is 0 Å². The number of nitrogens with one attached hydrogen (secondary N) is 1. The van der Waals surface area contributed by atoms with Gasteiger partial charge in [-0.3, -0.25) is 4.68 Å². The first-order valence-corrected chi connectivity index (χ1v) is 6.92. The minimum Gasteiger partial charge on any atom is -0.304 e. The van der Waals surface area contributed by atoms with E-state index in [1.54, 1.807) is 0 Å². The van der Waals surface area contributed by atoms with Crippen LogP contribution in [-0.2, 0) is 13.6 Å². The Balaban J connectivity index is 2.04. The van der Waals surface area contributed by atoms with Crippen LogP contribution in [0.2, 0.25) is 0 Å². The van der Waals surface area contributed by atoms with Crippen LogP contribution >= 0.6 is 0 Å². The zero-order valence-corrected chi connectivity index (χ0v) is 12.0. The van der Waals surface area contributed by atoms with E-state index in [1.807, 2.05) is 17.9 Å². The molecular formula is C16H23N3. The Morgan fingerprint density at radius 2 is 1.89 bits per heavy atom. The average molecular weight is 257 g/mol. The van der Waals surface area contributed by atoms with Gasteiger partial charge in [0.1, 0.15) is 0 Å². The highest BCUT2D eigenvalue weighted by molar-refractivity contribution is 5.19. The number of benzene rings is 1. The first kappa shape index (κ1) is 13.8. The van der Waals surface area contributed by atoms with Crippen molar-refractivity contribution in [2.75, 3.05) is 0 Å². The number of aryl methyl sites for hydroxylation is 1. The molecule has 1 heterocycles. The van der Waals surface area contributed by atoms with Crippen molar-refractivity contribution < 1.29 is 0 Å². The molecule has 3 nitrogen and oxygen atoms in total. The Morgan fingerprint density at radius 3 is 2.47 bits per heavy atom. The predicted molar refractivity (Wildman–Crippen MR) is 78.7 cm³/mol. The van der Waals surface area contributed by atoms with Gasteiger partial charge in [0.25, 0.3) is 0 Å². The third-order valence-electron chi connectivity index (χ3n) is 3.36. The van der Waals surface area contributed by atoms with Crippen LogP contribution < -0.4 is 5.32 Å². The zero-order valence-electron chi connectivity index (χ0n) is 12.0. The Kier molecular flexibility index (Phi) is 4.74. The van der Waals surface area contributed by atoms with Crippen molar-refractivity contribution in [3.05, 3.63) is 53.9 Å². The van der Waals surface area contributed by atoms with Gasteiger partial charge in [-0.15, -0.1) is 0 Å². The molecule has 0 bridgehead atoms. The van der Waals surface area contributed by atoms with Crippen LogP contribution in [-0.4, -0.2) is 9.78 Å². The Hall–Kier alpha value is -1.61. The number of nitrogens with zero attached hydrogens (tertiary/aromatic N) is 2. The summed E-state index contributed by atoms with van der Waals surface area (Å²) in [6, 6.07) is 13.1. The fourth-order valence-electron chi connectivity index (χ4n) is 2.30. The Bertz CT molecular complexity index is 488. The summed E-state index contributed by atoms with van der Waals surface area (Å²) in [5.74, 6) is 0.671. The van der Waals surface area contributed by atoms with Crippen molar-refractivity contribution in [3.8, 4) is 0 Å². The van der Waals surface area contributed by atoms with Gasteiger partial charge in [0.15, 0.2) is 0 Å². The molecule has 0 aliphatic rings. The molecule has 0 saturated carbocycles. The number of aromatic nitrogens is 2. The molecule has 1 N–H and O–H groups in total. The summed E-state index contributed by atoms with van der Waals surface area (Å²) in [5, 5.41) is 7.85. The van der Waals surface area contributed by atoms with E-state index < -0.39 is 0 Å². The summed E-state index contributed by atoms with van der Waals surface area (Å²) in [7, 11) is 1.98. The SMILES string of the molecule is CC(C)CC(NCc1ccnn1C)c1ccccc1. The zero-order chi connectivity index (χ0) is 13.7. The fourth-order valence-corrected chi connectivity index (χ4v) is 2.30. The largest absolute Gasteiger partial charge is 0.304 e. The lowest BCUT2D eigenvalue weighted by atomic mass is 9.97. The highest BCUT2D eigenvalue weighted by atomic mass is 15.3. The van der Waals surface area contributed by atoms with Crippen molar-refractivity contribution in [3.63, 3.8) is 0 Å². The highest BCUT2D eigenvalue weighted by Gasteiger charge is 2.13. The summed E-state index contributed by atoms with van der Waals surface area (Å²) in [4.78, 5) is 0. The van der Waals surface area contributed by atoms with Crippen molar-refractivity contribution in [1.29, 1.82) is 0 Å². The molecule has 0 saturated heterocycles. The summed E-state index contributed by atoms with van der Waals surface area (Å²) < 4.78 is 1.92. The average Bonchev–Trinajstić information content (AvgIpc) is 2.81. The normalized spacial score (nSPS) is 12.8. The van der Waals surface area contributed by atoms with Crippen LogP contribution in [0.4, 0.5) is 0 Å². The molecule has 2 aromatic rings. The van der Waals surface area contributed by atoms with E-state index >= 15 is 0 Å². The second-order valence-electron chi connectivity index (χ2n) is 5.42. The van der Waals surface area contributed by atoms with Crippen molar-refractivity contribution in [2.45, 2.75) is 32.9 Å². The quantitative estimate of drug-likeness (QED) is 0.860. The van der Waals surface area contributed by atoms with Crippen LogP contribution in [0.5, 0.6) is 0 Å². The van der Waals surface area contributed by atoms with Crippen LogP contribution in [0, 0.1) is 5.92 Å². The second kappa shape index (κ2) is 6.53. The fraction of sp³-hybridized carbons (Fsp3) is 0.438. The van der Waals surface area contributed by atoms with Gasteiger partial charge in [0, 0.05) is 25.8 Å². The van der Waals surface area contributed by atoms with E-state index in [-0.39, 0.29) is 0 Å². The van der Waals surface area contributed by atoms with Crippen LogP contribution in [0.25, 0.3) is 0 Å². The maximum atomic E-state index is 4.20. The molecule has 2 rings (SSSR count). The highest BCUT2D eigenvalue weighted by Crippen LogP contribution is 2.21. The van der Waals surface area contributed by atoms with Crippen LogP contribution in [0.3, 0.4) is 0 Å². The molecular weight excluding hydrogens is 234 g/mol. The molecule has 0 fully saturated rings. The number of hydrogen-bond donors (Lipinski definition) is 1. The Morgan fingerprint density at radius 1 is 1.16 bits per heavy atom. The monoisotopic (exact) mass is 257 g/mol. The van der Waals surface area contributed by atoms with Gasteiger partial charge in [0.05, 0.1) is 5.69 Å². The molecule has 0 radical (unpaired) electrons. The lowest BCUT2D eigenvalue weighted by Gasteiger charge is -2.21. The summed E-state index contributed by atoms with van der Waals surface area (Å²) in [5.41, 5.74) is 2.57. The van der Waals surface area contributed by atoms with Gasteiger partial charge < -0.3 is 5.32 Å². The van der Waals surface area contributed by atoms with E-state index in [1.165, 1.54) is 11.3 Å². The lowest BCUT2D eigenvalue weighted by Crippen LogP contribution is -2.23. The van der Waals surface area contributed by atoms with Crippen molar-refractivity contribution in [1.82, 2.24) is 15.1 Å². The first-order chi connectivity index (χ1) is 9.16. The third kappa shape index (κ3) is 3.93. The smallest absolute Gasteiger partial charge is 0.0518 e. The maximum absolute atomic E-state index is 4.20. The van der Waals surface area contributed by atoms with E-state index in [4.69, 9.17) is 0 Å². The molecule has 0 spiro atoms. The van der Waals surface area contributed by atoms with Gasteiger partial charge in [-0.2, -0.15) is 5.10 Å². The molecule has 19 heavy (non-hydrogen) atoms. The number of rotatable bonds is 6. The van der Waals surface area contributed by atoms with E-state index in [2.05, 4.69) is 60.7 Å². The summed E-state index contributed by atoms with van der Waals surface area (Å²) in [6.07, 6.45) is 2.98.